The van der Waals surface area contributed by atoms with Gasteiger partial charge < -0.3 is 0 Å². The molecule has 2 rings (SSSR count). The molecule has 0 aliphatic carbocycles. The van der Waals surface area contributed by atoms with E-state index in [1.54, 1.807) is 0 Å². The lowest BCUT2D eigenvalue weighted by molar-refractivity contribution is -0.132. The largest absolute Gasteiger partial charge is 0.298 e. The van der Waals surface area contributed by atoms with Crippen molar-refractivity contribution in [3.8, 4) is 0 Å². The molecule has 0 atom stereocenters. The third-order valence-electron chi connectivity index (χ3n) is 3.70. The van der Waals surface area contributed by atoms with Crippen molar-refractivity contribution in [1.29, 1.82) is 0 Å². The van der Waals surface area contributed by atoms with Crippen LogP contribution in [0.3, 0.4) is 0 Å². The smallest absolute Gasteiger partial charge is 0.152 e. The average molecular weight is 231 g/mol. The molecule has 0 unspecified atom stereocenters. The van der Waals surface area contributed by atoms with Gasteiger partial charge in [0.1, 0.15) is 0 Å². The summed E-state index contributed by atoms with van der Waals surface area (Å²) < 4.78 is 0. The number of ketones is 1. The minimum atomic E-state index is -0.121. The third-order valence-corrected chi connectivity index (χ3v) is 3.70. The zero-order chi connectivity index (χ0) is 12.5. The first kappa shape index (κ1) is 12.3. The van der Waals surface area contributed by atoms with Crippen LogP contribution in [-0.4, -0.2) is 23.8 Å². The fraction of sp³-hybridized carbons (Fsp3) is 0.533. The number of likely N-dealkylation sites (tertiary alicyclic amines) is 1. The van der Waals surface area contributed by atoms with Gasteiger partial charge in [0.2, 0.25) is 0 Å². The number of benzene rings is 1. The van der Waals surface area contributed by atoms with Gasteiger partial charge in [-0.05, 0) is 25.5 Å². The third kappa shape index (κ3) is 2.95. The van der Waals surface area contributed by atoms with E-state index in [0.29, 0.717) is 12.3 Å². The zero-order valence-corrected chi connectivity index (χ0v) is 11.0. The minimum absolute atomic E-state index is 0.121. The summed E-state index contributed by atoms with van der Waals surface area (Å²) in [5.41, 5.74) is 2.46. The summed E-state index contributed by atoms with van der Waals surface area (Å²) in [5, 5.41) is 0. The molecule has 0 N–H and O–H groups in total. The number of aryl methyl sites for hydroxylation is 1. The van der Waals surface area contributed by atoms with Gasteiger partial charge in [-0.15, -0.1) is 0 Å². The van der Waals surface area contributed by atoms with E-state index < -0.39 is 0 Å². The number of hydrogen-bond acceptors (Lipinski definition) is 2. The fourth-order valence-electron chi connectivity index (χ4n) is 2.16. The molecule has 0 saturated carbocycles. The molecule has 1 heterocycles. The number of hydrogen-bond donors (Lipinski definition) is 0. The molecule has 0 bridgehead atoms. The van der Waals surface area contributed by atoms with Crippen molar-refractivity contribution in [3.05, 3.63) is 35.4 Å². The number of carbonyl (C=O) groups is 1. The number of nitrogens with zero attached hydrogens (tertiary/aromatic N) is 1. The van der Waals surface area contributed by atoms with Gasteiger partial charge >= 0.3 is 0 Å². The lowest BCUT2D eigenvalue weighted by atomic mass is 9.81. The average Bonchev–Trinajstić information content (AvgIpc) is 2.27. The van der Waals surface area contributed by atoms with Crippen LogP contribution in [-0.2, 0) is 11.3 Å². The van der Waals surface area contributed by atoms with E-state index in [0.717, 1.165) is 19.5 Å². The molecule has 1 aliphatic heterocycles. The Morgan fingerprint density at radius 3 is 2.47 bits per heavy atom. The molecule has 2 nitrogen and oxygen atoms in total. The van der Waals surface area contributed by atoms with Crippen molar-refractivity contribution in [2.75, 3.05) is 13.1 Å². The molecule has 1 aromatic carbocycles. The predicted octanol–water partition coefficient (Wildman–Crippen LogP) is 2.80. The number of rotatable bonds is 2. The Labute approximate surface area is 104 Å². The van der Waals surface area contributed by atoms with Gasteiger partial charge in [-0.25, -0.2) is 0 Å². The van der Waals surface area contributed by atoms with Crippen molar-refractivity contribution in [2.45, 2.75) is 33.7 Å². The maximum Gasteiger partial charge on any atom is 0.152 e. The summed E-state index contributed by atoms with van der Waals surface area (Å²) in [6, 6.07) is 8.56. The molecule has 17 heavy (non-hydrogen) atoms. The van der Waals surface area contributed by atoms with Crippen LogP contribution < -0.4 is 0 Å². The lowest BCUT2D eigenvalue weighted by Gasteiger charge is -2.35. The molecule has 0 radical (unpaired) electrons. The highest BCUT2D eigenvalue weighted by molar-refractivity contribution is 5.86. The summed E-state index contributed by atoms with van der Waals surface area (Å²) in [4.78, 5) is 14.2. The summed E-state index contributed by atoms with van der Waals surface area (Å²) in [6.07, 6.45) is 0.970. The minimum Gasteiger partial charge on any atom is -0.298 e. The molecule has 0 aromatic heterocycles. The van der Waals surface area contributed by atoms with Gasteiger partial charge in [-0.3, -0.25) is 9.69 Å². The molecule has 92 valence electrons. The molecule has 1 fully saturated rings. The van der Waals surface area contributed by atoms with E-state index in [2.05, 4.69) is 49.9 Å². The van der Waals surface area contributed by atoms with Crippen molar-refractivity contribution in [3.63, 3.8) is 0 Å². The molecule has 0 spiro atoms. The Morgan fingerprint density at radius 2 is 1.88 bits per heavy atom. The molecule has 1 aliphatic rings. The van der Waals surface area contributed by atoms with E-state index >= 15 is 0 Å². The monoisotopic (exact) mass is 231 g/mol. The maximum atomic E-state index is 11.9. The van der Waals surface area contributed by atoms with Gasteiger partial charge in [0.05, 0.1) is 6.54 Å². The van der Waals surface area contributed by atoms with Crippen molar-refractivity contribution in [1.82, 2.24) is 4.90 Å². The predicted molar refractivity (Wildman–Crippen MR) is 69.9 cm³/mol. The molecule has 1 aromatic rings. The summed E-state index contributed by atoms with van der Waals surface area (Å²) in [6.45, 7) is 8.71. The highest BCUT2D eigenvalue weighted by Gasteiger charge is 2.33. The Hall–Kier alpha value is -1.15. The SMILES string of the molecule is Cc1ccc(CN2CCC(C)(C)C(=O)C2)cc1. The molecular weight excluding hydrogens is 210 g/mol. The van der Waals surface area contributed by atoms with Crippen molar-refractivity contribution < 1.29 is 4.79 Å². The first-order valence-electron chi connectivity index (χ1n) is 6.28. The maximum absolute atomic E-state index is 11.9. The summed E-state index contributed by atoms with van der Waals surface area (Å²) in [7, 11) is 0. The van der Waals surface area contributed by atoms with E-state index in [-0.39, 0.29) is 5.41 Å². The van der Waals surface area contributed by atoms with Gasteiger partial charge in [0.25, 0.3) is 0 Å². The highest BCUT2D eigenvalue weighted by atomic mass is 16.1. The Balaban J connectivity index is 1.97. The van der Waals surface area contributed by atoms with E-state index in [4.69, 9.17) is 0 Å². The van der Waals surface area contributed by atoms with Crippen molar-refractivity contribution in [2.24, 2.45) is 5.41 Å². The topological polar surface area (TPSA) is 20.3 Å². The molecular formula is C15H21NO. The Bertz CT molecular complexity index is 405. The van der Waals surface area contributed by atoms with Gasteiger partial charge in [-0.1, -0.05) is 43.7 Å². The second-order valence-corrected chi connectivity index (χ2v) is 5.75. The number of piperidine rings is 1. The normalized spacial score (nSPS) is 20.5. The van der Waals surface area contributed by atoms with Crippen LogP contribution >= 0.6 is 0 Å². The van der Waals surface area contributed by atoms with Gasteiger partial charge in [0, 0.05) is 12.0 Å². The second-order valence-electron chi connectivity index (χ2n) is 5.75. The Morgan fingerprint density at radius 1 is 1.24 bits per heavy atom. The van der Waals surface area contributed by atoms with Crippen LogP contribution in [0.4, 0.5) is 0 Å². The van der Waals surface area contributed by atoms with Crippen LogP contribution in [0.25, 0.3) is 0 Å². The molecule has 1 saturated heterocycles. The summed E-state index contributed by atoms with van der Waals surface area (Å²) in [5.74, 6) is 0.371. The first-order valence-corrected chi connectivity index (χ1v) is 6.28. The van der Waals surface area contributed by atoms with Crippen LogP contribution in [0.5, 0.6) is 0 Å². The second kappa shape index (κ2) is 4.61. The quantitative estimate of drug-likeness (QED) is 0.780. The van der Waals surface area contributed by atoms with Crippen LogP contribution in [0.2, 0.25) is 0 Å². The standard InChI is InChI=1S/C15H21NO/c1-12-4-6-13(7-5-12)10-16-9-8-15(2,3)14(17)11-16/h4-7H,8-11H2,1-3H3. The number of Topliss-reactive ketones (excluding diaryl/α,β-unsaturated/α-hetero) is 1. The number of carbonyl (C=O) groups excluding carboxylic acids is 1. The highest BCUT2D eigenvalue weighted by Crippen LogP contribution is 2.27. The fourth-order valence-corrected chi connectivity index (χ4v) is 2.16. The van der Waals surface area contributed by atoms with Crippen LogP contribution in [0, 0.1) is 12.3 Å². The molecule has 2 heteroatoms. The van der Waals surface area contributed by atoms with Crippen LogP contribution in [0.15, 0.2) is 24.3 Å². The van der Waals surface area contributed by atoms with Gasteiger partial charge in [-0.2, -0.15) is 0 Å². The zero-order valence-electron chi connectivity index (χ0n) is 11.0. The first-order chi connectivity index (χ1) is 7.97. The van der Waals surface area contributed by atoms with E-state index in [1.165, 1.54) is 11.1 Å². The van der Waals surface area contributed by atoms with Crippen LogP contribution in [0.1, 0.15) is 31.4 Å². The Kier molecular flexibility index (Phi) is 3.34. The molecule has 0 amide bonds. The van der Waals surface area contributed by atoms with E-state index in [9.17, 15) is 4.79 Å². The van der Waals surface area contributed by atoms with Crippen molar-refractivity contribution >= 4 is 5.78 Å². The van der Waals surface area contributed by atoms with Gasteiger partial charge in [0.15, 0.2) is 5.78 Å². The van der Waals surface area contributed by atoms with E-state index in [1.807, 2.05) is 0 Å². The lowest BCUT2D eigenvalue weighted by Crippen LogP contribution is -2.44. The summed E-state index contributed by atoms with van der Waals surface area (Å²) >= 11 is 0.